The Morgan fingerprint density at radius 1 is 0.955 bits per heavy atom. The molecule has 0 bridgehead atoms. The highest BCUT2D eigenvalue weighted by Gasteiger charge is 2.04. The summed E-state index contributed by atoms with van der Waals surface area (Å²) >= 11 is 5.83. The van der Waals surface area contributed by atoms with E-state index in [1.165, 1.54) is 0 Å². The summed E-state index contributed by atoms with van der Waals surface area (Å²) in [7, 11) is 0. The van der Waals surface area contributed by atoms with Crippen molar-refractivity contribution in [2.24, 2.45) is 5.10 Å². The first-order valence-corrected chi connectivity index (χ1v) is 7.37. The van der Waals surface area contributed by atoms with Gasteiger partial charge in [0.2, 0.25) is 17.8 Å². The van der Waals surface area contributed by atoms with Gasteiger partial charge in [-0.2, -0.15) is 20.1 Å². The molecule has 0 aliphatic rings. The third-order valence-corrected chi connectivity index (χ3v) is 2.81. The lowest BCUT2D eigenvalue weighted by molar-refractivity contribution is 0.992. The molecule has 0 saturated heterocycles. The average molecular weight is 320 g/mol. The number of nitrogens with one attached hydrogen (secondary N) is 3. The monoisotopic (exact) mass is 319 g/mol. The number of benzene rings is 1. The minimum Gasteiger partial charge on any atom is -0.354 e. The summed E-state index contributed by atoms with van der Waals surface area (Å²) in [4.78, 5) is 12.7. The van der Waals surface area contributed by atoms with Crippen LogP contribution in [0.4, 0.5) is 17.8 Å². The van der Waals surface area contributed by atoms with Crippen molar-refractivity contribution in [3.05, 3.63) is 34.9 Å². The van der Waals surface area contributed by atoms with Gasteiger partial charge in [-0.15, -0.1) is 0 Å². The van der Waals surface area contributed by atoms with Gasteiger partial charge >= 0.3 is 0 Å². The third kappa shape index (κ3) is 4.85. The number of halogens is 1. The Kier molecular flexibility index (Phi) is 5.91. The van der Waals surface area contributed by atoms with Crippen LogP contribution in [0.1, 0.15) is 19.4 Å². The fourth-order valence-corrected chi connectivity index (χ4v) is 1.74. The Morgan fingerprint density at radius 2 is 1.50 bits per heavy atom. The molecule has 116 valence electrons. The highest BCUT2D eigenvalue weighted by Crippen LogP contribution is 2.10. The molecule has 1 heterocycles. The van der Waals surface area contributed by atoms with E-state index in [9.17, 15) is 0 Å². The van der Waals surface area contributed by atoms with Crippen LogP contribution in [-0.2, 0) is 0 Å². The summed E-state index contributed by atoms with van der Waals surface area (Å²) in [6, 6.07) is 7.35. The predicted molar refractivity (Wildman–Crippen MR) is 90.8 cm³/mol. The van der Waals surface area contributed by atoms with Crippen LogP contribution in [0, 0.1) is 0 Å². The van der Waals surface area contributed by atoms with Crippen LogP contribution in [0.2, 0.25) is 5.02 Å². The molecule has 1 aromatic heterocycles. The highest BCUT2D eigenvalue weighted by molar-refractivity contribution is 6.30. The minimum atomic E-state index is 0.368. The molecule has 3 N–H and O–H groups in total. The molecule has 7 nitrogen and oxygen atoms in total. The molecular formula is C14H18ClN7. The summed E-state index contributed by atoms with van der Waals surface area (Å²) in [5.41, 5.74) is 3.72. The van der Waals surface area contributed by atoms with Crippen LogP contribution < -0.4 is 16.1 Å². The largest absolute Gasteiger partial charge is 0.354 e. The maximum absolute atomic E-state index is 5.83. The van der Waals surface area contributed by atoms with Crippen molar-refractivity contribution in [1.29, 1.82) is 0 Å². The van der Waals surface area contributed by atoms with Crippen LogP contribution in [0.15, 0.2) is 29.4 Å². The van der Waals surface area contributed by atoms with E-state index < -0.39 is 0 Å². The molecule has 0 aliphatic carbocycles. The molecule has 0 spiro atoms. The van der Waals surface area contributed by atoms with Gasteiger partial charge < -0.3 is 10.6 Å². The standard InChI is InChI=1S/C14H18ClN7/c1-3-16-12-19-13(17-4-2)21-14(20-12)22-18-9-10-5-7-11(15)8-6-10/h5-9H,3-4H2,1-2H3,(H3,16,17,19,20,21,22)/b18-9+. The molecule has 0 radical (unpaired) electrons. The van der Waals surface area contributed by atoms with E-state index in [-0.39, 0.29) is 0 Å². The maximum Gasteiger partial charge on any atom is 0.250 e. The highest BCUT2D eigenvalue weighted by atomic mass is 35.5. The quantitative estimate of drug-likeness (QED) is 0.537. The van der Waals surface area contributed by atoms with Crippen molar-refractivity contribution < 1.29 is 0 Å². The van der Waals surface area contributed by atoms with Gasteiger partial charge in [0.25, 0.3) is 0 Å². The van der Waals surface area contributed by atoms with Gasteiger partial charge in [-0.25, -0.2) is 5.43 Å². The van der Waals surface area contributed by atoms with E-state index in [0.717, 1.165) is 18.7 Å². The van der Waals surface area contributed by atoms with Gasteiger partial charge in [0.15, 0.2) is 0 Å². The molecule has 0 unspecified atom stereocenters. The third-order valence-electron chi connectivity index (χ3n) is 2.55. The van der Waals surface area contributed by atoms with Crippen LogP contribution in [0.5, 0.6) is 0 Å². The Labute approximate surface area is 134 Å². The second-order valence-electron chi connectivity index (χ2n) is 4.29. The summed E-state index contributed by atoms with van der Waals surface area (Å²) in [5, 5.41) is 10.9. The number of hydrazone groups is 1. The summed E-state index contributed by atoms with van der Waals surface area (Å²) in [6.07, 6.45) is 1.67. The second kappa shape index (κ2) is 8.14. The van der Waals surface area contributed by atoms with Gasteiger partial charge in [0.05, 0.1) is 6.21 Å². The van der Waals surface area contributed by atoms with Crippen molar-refractivity contribution in [1.82, 2.24) is 15.0 Å². The van der Waals surface area contributed by atoms with E-state index in [0.29, 0.717) is 22.9 Å². The molecular weight excluding hydrogens is 302 g/mol. The Bertz CT molecular complexity index is 603. The summed E-state index contributed by atoms with van der Waals surface area (Å²) in [5.74, 6) is 1.36. The number of rotatable bonds is 7. The molecule has 2 rings (SSSR count). The SMILES string of the molecule is CCNc1nc(NCC)nc(N/N=C/c2ccc(Cl)cc2)n1. The first kappa shape index (κ1) is 16.0. The number of hydrogen-bond acceptors (Lipinski definition) is 7. The molecule has 0 saturated carbocycles. The first-order valence-electron chi connectivity index (χ1n) is 6.99. The maximum atomic E-state index is 5.83. The minimum absolute atomic E-state index is 0.368. The van der Waals surface area contributed by atoms with Gasteiger partial charge in [-0.05, 0) is 31.5 Å². The van der Waals surface area contributed by atoms with Crippen LogP contribution >= 0.6 is 11.6 Å². The molecule has 0 fully saturated rings. The smallest absolute Gasteiger partial charge is 0.250 e. The topological polar surface area (TPSA) is 87.1 Å². The number of nitrogens with zero attached hydrogens (tertiary/aromatic N) is 4. The van der Waals surface area contributed by atoms with E-state index >= 15 is 0 Å². The van der Waals surface area contributed by atoms with Gasteiger partial charge in [-0.3, -0.25) is 0 Å². The zero-order chi connectivity index (χ0) is 15.8. The summed E-state index contributed by atoms with van der Waals surface area (Å²) in [6.45, 7) is 5.40. The van der Waals surface area contributed by atoms with Crippen molar-refractivity contribution in [3.8, 4) is 0 Å². The zero-order valence-electron chi connectivity index (χ0n) is 12.5. The Hall–Kier alpha value is -2.41. The van der Waals surface area contributed by atoms with Crippen molar-refractivity contribution in [2.45, 2.75) is 13.8 Å². The Balaban J connectivity index is 2.08. The van der Waals surface area contributed by atoms with E-state index in [1.807, 2.05) is 26.0 Å². The van der Waals surface area contributed by atoms with E-state index in [2.05, 4.69) is 36.1 Å². The van der Waals surface area contributed by atoms with Crippen molar-refractivity contribution in [2.75, 3.05) is 29.1 Å². The van der Waals surface area contributed by atoms with Crippen LogP contribution in [0.25, 0.3) is 0 Å². The fourth-order valence-electron chi connectivity index (χ4n) is 1.61. The number of aromatic nitrogens is 3. The lowest BCUT2D eigenvalue weighted by Crippen LogP contribution is -2.10. The van der Waals surface area contributed by atoms with Gasteiger partial charge in [0.1, 0.15) is 0 Å². The summed E-state index contributed by atoms with van der Waals surface area (Å²) < 4.78 is 0. The van der Waals surface area contributed by atoms with Crippen molar-refractivity contribution in [3.63, 3.8) is 0 Å². The lowest BCUT2D eigenvalue weighted by Gasteiger charge is -2.07. The van der Waals surface area contributed by atoms with Crippen LogP contribution in [-0.4, -0.2) is 34.3 Å². The average Bonchev–Trinajstić information content (AvgIpc) is 2.50. The van der Waals surface area contributed by atoms with Crippen LogP contribution in [0.3, 0.4) is 0 Å². The number of hydrogen-bond donors (Lipinski definition) is 3. The normalized spacial score (nSPS) is 10.7. The molecule has 0 atom stereocenters. The van der Waals surface area contributed by atoms with Crippen molar-refractivity contribution >= 4 is 35.7 Å². The predicted octanol–water partition coefficient (Wildman–Crippen LogP) is 2.83. The van der Waals surface area contributed by atoms with Gasteiger partial charge in [0, 0.05) is 18.1 Å². The fraction of sp³-hybridized carbons (Fsp3) is 0.286. The van der Waals surface area contributed by atoms with E-state index in [4.69, 9.17) is 11.6 Å². The lowest BCUT2D eigenvalue weighted by atomic mass is 10.2. The molecule has 22 heavy (non-hydrogen) atoms. The first-order chi connectivity index (χ1) is 10.7. The molecule has 8 heteroatoms. The molecule has 2 aromatic rings. The van der Waals surface area contributed by atoms with E-state index in [1.54, 1.807) is 18.3 Å². The second-order valence-corrected chi connectivity index (χ2v) is 4.72. The Morgan fingerprint density at radius 3 is 2.05 bits per heavy atom. The molecule has 0 aliphatic heterocycles. The van der Waals surface area contributed by atoms with Gasteiger partial charge in [-0.1, -0.05) is 23.7 Å². The molecule has 1 aromatic carbocycles. The molecule has 0 amide bonds. The zero-order valence-corrected chi connectivity index (χ0v) is 13.2. The number of anilines is 3.